The summed E-state index contributed by atoms with van der Waals surface area (Å²) in [6.07, 6.45) is 2.69. The highest BCUT2D eigenvalue weighted by Gasteiger charge is 2.25. The van der Waals surface area contributed by atoms with Gasteiger partial charge in [-0.25, -0.2) is 4.98 Å². The molecule has 0 spiro atoms. The highest BCUT2D eigenvalue weighted by atomic mass is 16.3. The minimum absolute atomic E-state index is 0.0641. The second-order valence-electron chi connectivity index (χ2n) is 6.13. The van der Waals surface area contributed by atoms with E-state index < -0.39 is 0 Å². The van der Waals surface area contributed by atoms with Crippen molar-refractivity contribution in [2.24, 2.45) is 7.05 Å². The Morgan fingerprint density at radius 1 is 1.30 bits per heavy atom. The first-order valence-electron chi connectivity index (χ1n) is 8.19. The van der Waals surface area contributed by atoms with E-state index in [1.54, 1.807) is 6.33 Å². The number of carbonyl (C=O) groups is 1. The highest BCUT2D eigenvalue weighted by molar-refractivity contribution is 5.97. The summed E-state index contributed by atoms with van der Waals surface area (Å²) < 4.78 is 1.95. The van der Waals surface area contributed by atoms with Crippen LogP contribution in [0.15, 0.2) is 24.5 Å². The molecule has 0 bridgehead atoms. The second-order valence-corrected chi connectivity index (χ2v) is 6.13. The Labute approximate surface area is 136 Å². The van der Waals surface area contributed by atoms with E-state index in [9.17, 15) is 9.90 Å². The maximum Gasteiger partial charge on any atom is 0.254 e. The van der Waals surface area contributed by atoms with Crippen molar-refractivity contribution in [1.82, 2.24) is 19.4 Å². The van der Waals surface area contributed by atoms with Crippen LogP contribution in [-0.4, -0.2) is 69.2 Å². The summed E-state index contributed by atoms with van der Waals surface area (Å²) >= 11 is 0. The minimum atomic E-state index is 0.0641. The fourth-order valence-corrected chi connectivity index (χ4v) is 3.24. The molecule has 1 amide bonds. The van der Waals surface area contributed by atoms with Crippen LogP contribution in [0.2, 0.25) is 0 Å². The number of hydrogen-bond donors (Lipinski definition) is 1. The fourth-order valence-electron chi connectivity index (χ4n) is 3.24. The molecule has 2 heterocycles. The normalized spacial score (nSPS) is 17.6. The monoisotopic (exact) mass is 316 g/mol. The minimum Gasteiger partial charge on any atom is -0.395 e. The largest absolute Gasteiger partial charge is 0.395 e. The van der Waals surface area contributed by atoms with Crippen LogP contribution in [0.25, 0.3) is 11.0 Å². The second kappa shape index (κ2) is 6.68. The van der Waals surface area contributed by atoms with Gasteiger partial charge in [0.15, 0.2) is 0 Å². The van der Waals surface area contributed by atoms with Crippen LogP contribution in [0.3, 0.4) is 0 Å². The molecular formula is C17H24N4O2. The van der Waals surface area contributed by atoms with Crippen molar-refractivity contribution < 1.29 is 9.90 Å². The zero-order valence-corrected chi connectivity index (χ0v) is 13.8. The van der Waals surface area contributed by atoms with Crippen molar-refractivity contribution in [3.05, 3.63) is 30.1 Å². The molecule has 0 saturated carbocycles. The molecule has 1 aliphatic rings. The third-order valence-corrected chi connectivity index (χ3v) is 4.77. The van der Waals surface area contributed by atoms with Crippen molar-refractivity contribution in [2.45, 2.75) is 19.4 Å². The van der Waals surface area contributed by atoms with E-state index in [2.05, 4.69) is 16.8 Å². The predicted octanol–water partition coefficient (Wildman–Crippen LogP) is 1.10. The maximum atomic E-state index is 12.7. The molecule has 3 rings (SSSR count). The van der Waals surface area contributed by atoms with Crippen molar-refractivity contribution in [3.63, 3.8) is 0 Å². The number of fused-ring (bicyclic) bond motifs is 1. The van der Waals surface area contributed by atoms with Gasteiger partial charge in [-0.05, 0) is 24.6 Å². The molecule has 0 aliphatic carbocycles. The van der Waals surface area contributed by atoms with Gasteiger partial charge in [0.1, 0.15) is 0 Å². The van der Waals surface area contributed by atoms with Gasteiger partial charge >= 0.3 is 0 Å². The molecule has 1 atom stereocenters. The van der Waals surface area contributed by atoms with Gasteiger partial charge in [-0.2, -0.15) is 0 Å². The molecule has 6 heteroatoms. The molecule has 2 aromatic rings. The number of rotatable bonds is 4. The smallest absolute Gasteiger partial charge is 0.254 e. The summed E-state index contributed by atoms with van der Waals surface area (Å²) in [5.41, 5.74) is 2.57. The summed E-state index contributed by atoms with van der Waals surface area (Å²) in [5, 5.41) is 9.40. The molecular weight excluding hydrogens is 292 g/mol. The number of imidazole rings is 1. The molecule has 6 nitrogen and oxygen atoms in total. The summed E-state index contributed by atoms with van der Waals surface area (Å²) in [4.78, 5) is 21.2. The van der Waals surface area contributed by atoms with Crippen molar-refractivity contribution in [3.8, 4) is 0 Å². The summed E-state index contributed by atoms with van der Waals surface area (Å²) in [6, 6.07) is 5.90. The van der Waals surface area contributed by atoms with E-state index in [1.807, 2.05) is 34.7 Å². The molecule has 1 fully saturated rings. The van der Waals surface area contributed by atoms with Crippen LogP contribution in [0.4, 0.5) is 0 Å². The number of amides is 1. The van der Waals surface area contributed by atoms with E-state index in [1.165, 1.54) is 0 Å². The molecule has 1 N–H and O–H groups in total. The Morgan fingerprint density at radius 3 is 2.70 bits per heavy atom. The van der Waals surface area contributed by atoms with Crippen molar-refractivity contribution in [2.75, 3.05) is 32.8 Å². The van der Waals surface area contributed by atoms with Gasteiger partial charge in [0.05, 0.1) is 24.0 Å². The lowest BCUT2D eigenvalue weighted by Gasteiger charge is -2.38. The van der Waals surface area contributed by atoms with E-state index in [0.29, 0.717) is 18.7 Å². The number of aliphatic hydroxyl groups excluding tert-OH is 1. The fraction of sp³-hybridized carbons (Fsp3) is 0.529. The SMILES string of the molecule is CCC(CO)N1CCN(C(=O)c2ccc3c(c2)ncn3C)CC1. The van der Waals surface area contributed by atoms with E-state index in [0.717, 1.165) is 30.5 Å². The number of aryl methyl sites for hydroxylation is 1. The lowest BCUT2D eigenvalue weighted by molar-refractivity contribution is 0.0472. The third kappa shape index (κ3) is 3.09. The Bertz CT molecular complexity index is 685. The van der Waals surface area contributed by atoms with Gasteiger partial charge in [0, 0.05) is 44.8 Å². The molecule has 1 aliphatic heterocycles. The number of nitrogens with zero attached hydrogens (tertiary/aromatic N) is 4. The van der Waals surface area contributed by atoms with Crippen LogP contribution in [0.1, 0.15) is 23.7 Å². The summed E-state index contributed by atoms with van der Waals surface area (Å²) in [6.45, 7) is 5.31. The first kappa shape index (κ1) is 16.0. The van der Waals surface area contributed by atoms with Crippen LogP contribution in [-0.2, 0) is 7.05 Å². The van der Waals surface area contributed by atoms with E-state index in [-0.39, 0.29) is 18.6 Å². The van der Waals surface area contributed by atoms with Crippen LogP contribution in [0.5, 0.6) is 0 Å². The average Bonchev–Trinajstić information content (AvgIpc) is 2.96. The van der Waals surface area contributed by atoms with Gasteiger partial charge in [0.25, 0.3) is 5.91 Å². The highest BCUT2D eigenvalue weighted by Crippen LogP contribution is 2.17. The lowest BCUT2D eigenvalue weighted by atomic mass is 10.1. The Morgan fingerprint density at radius 2 is 2.04 bits per heavy atom. The molecule has 1 aromatic carbocycles. The van der Waals surface area contributed by atoms with Crippen LogP contribution in [0, 0.1) is 0 Å². The van der Waals surface area contributed by atoms with Crippen molar-refractivity contribution in [1.29, 1.82) is 0 Å². The third-order valence-electron chi connectivity index (χ3n) is 4.77. The number of benzene rings is 1. The van der Waals surface area contributed by atoms with Gasteiger partial charge in [-0.3, -0.25) is 9.69 Å². The zero-order chi connectivity index (χ0) is 16.4. The number of hydrogen-bond acceptors (Lipinski definition) is 4. The van der Waals surface area contributed by atoms with Crippen LogP contribution < -0.4 is 0 Å². The van der Waals surface area contributed by atoms with Gasteiger partial charge in [-0.1, -0.05) is 6.92 Å². The molecule has 124 valence electrons. The van der Waals surface area contributed by atoms with Gasteiger partial charge in [-0.15, -0.1) is 0 Å². The molecule has 0 radical (unpaired) electrons. The predicted molar refractivity (Wildman–Crippen MR) is 89.4 cm³/mol. The number of aromatic nitrogens is 2. The Balaban J connectivity index is 1.68. The Kier molecular flexibility index (Phi) is 4.63. The number of carbonyl (C=O) groups excluding carboxylic acids is 1. The standard InChI is InChI=1S/C17H24N4O2/c1-3-14(11-22)20-6-8-21(9-7-20)17(23)13-4-5-16-15(10-13)18-12-19(16)2/h4-5,10,12,14,22H,3,6-9,11H2,1-2H3. The lowest BCUT2D eigenvalue weighted by Crippen LogP contribution is -2.52. The van der Waals surface area contributed by atoms with Gasteiger partial charge < -0.3 is 14.6 Å². The molecule has 1 unspecified atom stereocenters. The van der Waals surface area contributed by atoms with E-state index in [4.69, 9.17) is 0 Å². The van der Waals surface area contributed by atoms with Gasteiger partial charge in [0.2, 0.25) is 0 Å². The number of piperazine rings is 1. The first-order valence-corrected chi connectivity index (χ1v) is 8.19. The summed E-state index contributed by atoms with van der Waals surface area (Å²) in [7, 11) is 1.95. The topological polar surface area (TPSA) is 61.6 Å². The van der Waals surface area contributed by atoms with Crippen molar-refractivity contribution >= 4 is 16.9 Å². The summed E-state index contributed by atoms with van der Waals surface area (Å²) in [5.74, 6) is 0.0641. The Hall–Kier alpha value is -1.92. The first-order chi connectivity index (χ1) is 11.1. The average molecular weight is 316 g/mol. The molecule has 1 saturated heterocycles. The molecule has 23 heavy (non-hydrogen) atoms. The maximum absolute atomic E-state index is 12.7. The molecule has 1 aromatic heterocycles. The quantitative estimate of drug-likeness (QED) is 0.918. The number of aliphatic hydroxyl groups is 1. The van der Waals surface area contributed by atoms with Crippen LogP contribution >= 0.6 is 0 Å². The zero-order valence-electron chi connectivity index (χ0n) is 13.8. The van der Waals surface area contributed by atoms with E-state index >= 15 is 0 Å².